The second-order valence-corrected chi connectivity index (χ2v) is 10.8. The van der Waals surface area contributed by atoms with E-state index in [9.17, 15) is 13.2 Å². The van der Waals surface area contributed by atoms with Crippen LogP contribution in [0.4, 0.5) is 5.69 Å². The summed E-state index contributed by atoms with van der Waals surface area (Å²) in [6, 6.07) is 6.33. The quantitative estimate of drug-likeness (QED) is 0.571. The number of sulfonamides is 1. The first-order valence-electron chi connectivity index (χ1n) is 10.9. The molecular weight excluding hydrogens is 452 g/mol. The summed E-state index contributed by atoms with van der Waals surface area (Å²) in [5.74, 6) is -0.0792. The molecule has 1 atom stereocenters. The number of benzene rings is 1. The van der Waals surface area contributed by atoms with Crippen molar-refractivity contribution in [1.29, 1.82) is 0 Å². The monoisotopic (exact) mass is 480 g/mol. The lowest BCUT2D eigenvalue weighted by atomic mass is 10.2. The van der Waals surface area contributed by atoms with E-state index in [0.29, 0.717) is 30.5 Å². The van der Waals surface area contributed by atoms with Crippen LogP contribution in [0.1, 0.15) is 38.5 Å². The van der Waals surface area contributed by atoms with Crippen LogP contribution in [-0.4, -0.2) is 70.4 Å². The van der Waals surface area contributed by atoms with Gasteiger partial charge in [-0.1, -0.05) is 24.6 Å². The summed E-state index contributed by atoms with van der Waals surface area (Å²) >= 11 is 1.25. The third kappa shape index (κ3) is 5.85. The molecule has 2 aliphatic rings. The van der Waals surface area contributed by atoms with Gasteiger partial charge in [-0.3, -0.25) is 4.79 Å². The largest absolute Gasteiger partial charge is 0.376 e. The van der Waals surface area contributed by atoms with Crippen LogP contribution in [0.3, 0.4) is 0 Å². The second kappa shape index (κ2) is 10.7. The number of ether oxygens (including phenoxy) is 1. The third-order valence-electron chi connectivity index (χ3n) is 5.57. The molecule has 0 aliphatic carbocycles. The van der Waals surface area contributed by atoms with Gasteiger partial charge in [-0.15, -0.1) is 5.10 Å². The van der Waals surface area contributed by atoms with Gasteiger partial charge in [-0.05, 0) is 60.4 Å². The molecule has 10 nitrogen and oxygen atoms in total. The lowest BCUT2D eigenvalue weighted by molar-refractivity contribution is -0.113. The number of aromatic nitrogens is 4. The summed E-state index contributed by atoms with van der Waals surface area (Å²) < 4.78 is 34.6. The molecule has 2 fully saturated rings. The van der Waals surface area contributed by atoms with Crippen molar-refractivity contribution in [3.05, 3.63) is 24.3 Å². The topological polar surface area (TPSA) is 119 Å². The summed E-state index contributed by atoms with van der Waals surface area (Å²) in [4.78, 5) is 12.6. The van der Waals surface area contributed by atoms with Crippen LogP contribution in [0.15, 0.2) is 34.3 Å². The Morgan fingerprint density at radius 2 is 1.88 bits per heavy atom. The number of anilines is 1. The van der Waals surface area contributed by atoms with Crippen LogP contribution in [0.5, 0.6) is 0 Å². The van der Waals surface area contributed by atoms with Crippen LogP contribution >= 0.6 is 11.8 Å². The van der Waals surface area contributed by atoms with E-state index in [1.165, 1.54) is 11.8 Å². The molecule has 2 aliphatic heterocycles. The molecule has 1 aromatic heterocycles. The van der Waals surface area contributed by atoms with Crippen molar-refractivity contribution in [3.8, 4) is 0 Å². The van der Waals surface area contributed by atoms with Crippen molar-refractivity contribution >= 4 is 33.4 Å². The smallest absolute Gasteiger partial charge is 0.243 e. The molecule has 3 heterocycles. The first-order valence-corrected chi connectivity index (χ1v) is 13.4. The van der Waals surface area contributed by atoms with Gasteiger partial charge in [0.25, 0.3) is 0 Å². The van der Waals surface area contributed by atoms with E-state index in [1.54, 1.807) is 33.3 Å². The van der Waals surface area contributed by atoms with Gasteiger partial charge in [0.15, 0.2) is 0 Å². The Morgan fingerprint density at radius 3 is 2.56 bits per heavy atom. The first-order chi connectivity index (χ1) is 15.5. The predicted octanol–water partition coefficient (Wildman–Crippen LogP) is 2.15. The summed E-state index contributed by atoms with van der Waals surface area (Å²) in [6.45, 7) is 2.45. The lowest BCUT2D eigenvalue weighted by Gasteiger charge is -2.20. The van der Waals surface area contributed by atoms with Crippen LogP contribution in [0, 0.1) is 0 Å². The van der Waals surface area contributed by atoms with Crippen molar-refractivity contribution in [2.75, 3.05) is 30.8 Å². The molecule has 174 valence electrons. The van der Waals surface area contributed by atoms with Gasteiger partial charge < -0.3 is 10.1 Å². The molecule has 32 heavy (non-hydrogen) atoms. The maximum Gasteiger partial charge on any atom is 0.243 e. The van der Waals surface area contributed by atoms with Gasteiger partial charge in [0.2, 0.25) is 21.1 Å². The van der Waals surface area contributed by atoms with Crippen LogP contribution in [0.2, 0.25) is 0 Å². The molecule has 2 aromatic rings. The van der Waals surface area contributed by atoms with Gasteiger partial charge in [0.05, 0.1) is 23.3 Å². The molecule has 1 unspecified atom stereocenters. The van der Waals surface area contributed by atoms with E-state index in [1.807, 2.05) is 0 Å². The SMILES string of the molecule is O=C(CSc1nnnn1CC1CCCO1)Nc1ccc(S(=O)(=O)N2CCCCCC2)cc1. The van der Waals surface area contributed by atoms with E-state index >= 15 is 0 Å². The number of nitrogens with one attached hydrogen (secondary N) is 1. The minimum atomic E-state index is -3.50. The molecule has 1 aromatic carbocycles. The van der Waals surface area contributed by atoms with E-state index in [4.69, 9.17) is 4.74 Å². The molecule has 2 saturated heterocycles. The molecule has 0 radical (unpaired) electrons. The number of carbonyl (C=O) groups is 1. The molecule has 1 N–H and O–H groups in total. The molecule has 1 amide bonds. The van der Waals surface area contributed by atoms with E-state index in [-0.39, 0.29) is 22.7 Å². The van der Waals surface area contributed by atoms with Gasteiger partial charge in [-0.25, -0.2) is 13.1 Å². The first kappa shape index (κ1) is 23.1. The minimum Gasteiger partial charge on any atom is -0.376 e. The number of hydrogen-bond acceptors (Lipinski definition) is 8. The van der Waals surface area contributed by atoms with E-state index in [2.05, 4.69) is 20.8 Å². The Balaban J connectivity index is 1.30. The Hall–Kier alpha value is -2.02. The Kier molecular flexibility index (Phi) is 7.76. The zero-order valence-corrected chi connectivity index (χ0v) is 19.5. The van der Waals surface area contributed by atoms with Gasteiger partial charge in [-0.2, -0.15) is 4.31 Å². The Labute approximate surface area is 192 Å². The number of nitrogens with zero attached hydrogens (tertiary/aromatic N) is 5. The number of thioether (sulfide) groups is 1. The summed E-state index contributed by atoms with van der Waals surface area (Å²) in [7, 11) is -3.50. The van der Waals surface area contributed by atoms with Crippen LogP contribution < -0.4 is 5.32 Å². The molecule has 0 spiro atoms. The van der Waals surface area contributed by atoms with Crippen LogP contribution in [-0.2, 0) is 26.1 Å². The summed E-state index contributed by atoms with van der Waals surface area (Å²) in [6.07, 6.45) is 6.04. The number of amides is 1. The molecular formula is C20H28N6O4S2. The number of carbonyl (C=O) groups excluding carboxylic acids is 1. The zero-order chi connectivity index (χ0) is 22.4. The highest BCUT2D eigenvalue weighted by atomic mass is 32.2. The molecule has 0 bridgehead atoms. The standard InChI is InChI=1S/C20H28N6O4S2/c27-19(15-31-20-22-23-24-26(20)14-17-6-5-13-30-17)21-16-7-9-18(10-8-16)32(28,29)25-11-3-1-2-4-12-25/h7-10,17H,1-6,11-15H2,(H,21,27). The van der Waals surface area contributed by atoms with E-state index < -0.39 is 10.0 Å². The zero-order valence-electron chi connectivity index (χ0n) is 17.9. The lowest BCUT2D eigenvalue weighted by Crippen LogP contribution is -2.31. The van der Waals surface area contributed by atoms with Crippen molar-refractivity contribution in [3.63, 3.8) is 0 Å². The van der Waals surface area contributed by atoms with Gasteiger partial charge >= 0.3 is 0 Å². The Morgan fingerprint density at radius 1 is 1.12 bits per heavy atom. The second-order valence-electron chi connectivity index (χ2n) is 7.96. The average Bonchev–Trinajstić information content (AvgIpc) is 3.38. The highest BCUT2D eigenvalue weighted by Gasteiger charge is 2.25. The Bertz CT molecular complexity index is 997. The average molecular weight is 481 g/mol. The minimum absolute atomic E-state index is 0.107. The van der Waals surface area contributed by atoms with Crippen molar-refractivity contribution < 1.29 is 17.9 Å². The summed E-state index contributed by atoms with van der Waals surface area (Å²) in [5.41, 5.74) is 0.546. The molecule has 0 saturated carbocycles. The van der Waals surface area contributed by atoms with Gasteiger partial charge in [0.1, 0.15) is 0 Å². The molecule has 4 rings (SSSR count). The third-order valence-corrected chi connectivity index (χ3v) is 8.44. The maximum atomic E-state index is 12.9. The summed E-state index contributed by atoms with van der Waals surface area (Å²) in [5, 5.41) is 15.0. The highest BCUT2D eigenvalue weighted by molar-refractivity contribution is 7.99. The molecule has 12 heteroatoms. The number of tetrazole rings is 1. The highest BCUT2D eigenvalue weighted by Crippen LogP contribution is 2.22. The fourth-order valence-electron chi connectivity index (χ4n) is 3.86. The fourth-order valence-corrected chi connectivity index (χ4v) is 6.07. The van der Waals surface area contributed by atoms with Crippen molar-refractivity contribution in [2.45, 2.75) is 61.2 Å². The maximum absolute atomic E-state index is 12.9. The van der Waals surface area contributed by atoms with Gasteiger partial charge in [0, 0.05) is 25.4 Å². The van der Waals surface area contributed by atoms with Crippen molar-refractivity contribution in [2.24, 2.45) is 0 Å². The number of hydrogen-bond donors (Lipinski definition) is 1. The normalized spacial score (nSPS) is 20.2. The predicted molar refractivity (Wildman–Crippen MR) is 120 cm³/mol. The van der Waals surface area contributed by atoms with E-state index in [0.717, 1.165) is 45.1 Å². The fraction of sp³-hybridized carbons (Fsp3) is 0.600. The van der Waals surface area contributed by atoms with Crippen LogP contribution in [0.25, 0.3) is 0 Å². The van der Waals surface area contributed by atoms with Crippen molar-refractivity contribution in [1.82, 2.24) is 24.5 Å². The number of rotatable bonds is 8.